The molecule has 0 fully saturated rings. The maximum absolute atomic E-state index is 13.6. The van der Waals surface area contributed by atoms with E-state index in [0.29, 0.717) is 29.1 Å². The van der Waals surface area contributed by atoms with Crippen molar-refractivity contribution >= 4 is 5.69 Å². The smallest absolute Gasteiger partial charge is 0.259 e. The van der Waals surface area contributed by atoms with Crippen LogP contribution in [0.2, 0.25) is 0 Å². The molecule has 0 saturated heterocycles. The van der Waals surface area contributed by atoms with E-state index in [0.717, 1.165) is 5.56 Å². The summed E-state index contributed by atoms with van der Waals surface area (Å²) in [5.74, 6) is -0.524. The number of rotatable bonds is 4. The van der Waals surface area contributed by atoms with Crippen LogP contribution in [0.1, 0.15) is 28.3 Å². The van der Waals surface area contributed by atoms with Crippen molar-refractivity contribution in [2.24, 2.45) is 5.73 Å². The summed E-state index contributed by atoms with van der Waals surface area (Å²) in [4.78, 5) is 13.6. The molecule has 2 atom stereocenters. The standard InChI is InChI=1S/C23H20N4O4/c1-14-11-19-21(23(28)26(14)13-15-5-3-2-4-6-15)20(18(12-24)22(25)31-19)16-7-9-17(10-8-16)27(29)30/h2-11,20,27,29H,13,25H2,1H3. The molecule has 8 heteroatoms. The highest BCUT2D eigenvalue weighted by atomic mass is 16.8. The third kappa shape index (κ3) is 3.69. The zero-order valence-corrected chi connectivity index (χ0v) is 16.7. The molecule has 2 unspecified atom stereocenters. The number of ether oxygens (including phenoxy) is 1. The second-order valence-electron chi connectivity index (χ2n) is 7.29. The fourth-order valence-corrected chi connectivity index (χ4v) is 3.80. The minimum absolute atomic E-state index is 0.0677. The largest absolute Gasteiger partial charge is 0.595 e. The molecule has 0 spiro atoms. The zero-order chi connectivity index (χ0) is 22.1. The maximum Gasteiger partial charge on any atom is 0.259 e. The van der Waals surface area contributed by atoms with Crippen molar-refractivity contribution in [3.63, 3.8) is 0 Å². The van der Waals surface area contributed by atoms with Crippen LogP contribution in [0, 0.1) is 23.5 Å². The number of nitrogens with zero attached hydrogens (tertiary/aromatic N) is 2. The number of nitrogens with two attached hydrogens (primary N) is 1. The first kappa shape index (κ1) is 20.4. The van der Waals surface area contributed by atoms with Gasteiger partial charge in [-0.2, -0.15) is 10.5 Å². The predicted octanol–water partition coefficient (Wildman–Crippen LogP) is 1.83. The zero-order valence-electron chi connectivity index (χ0n) is 16.7. The number of nitrogens with one attached hydrogen (secondary N) is 1. The molecule has 0 bridgehead atoms. The van der Waals surface area contributed by atoms with Crippen molar-refractivity contribution in [2.75, 3.05) is 0 Å². The molecular formula is C23H20N4O4. The van der Waals surface area contributed by atoms with Gasteiger partial charge in [0.05, 0.1) is 18.0 Å². The third-order valence-corrected chi connectivity index (χ3v) is 5.36. The lowest BCUT2D eigenvalue weighted by Crippen LogP contribution is -2.99. The van der Waals surface area contributed by atoms with E-state index < -0.39 is 11.1 Å². The van der Waals surface area contributed by atoms with Gasteiger partial charge in [0.25, 0.3) is 5.56 Å². The van der Waals surface area contributed by atoms with Crippen molar-refractivity contribution in [1.29, 1.82) is 5.26 Å². The molecule has 1 aromatic heterocycles. The minimum Gasteiger partial charge on any atom is -0.595 e. The van der Waals surface area contributed by atoms with Crippen molar-refractivity contribution in [2.45, 2.75) is 19.4 Å². The molecule has 156 valence electrons. The van der Waals surface area contributed by atoms with Crippen LogP contribution in [-0.2, 0) is 6.54 Å². The molecule has 0 amide bonds. The number of quaternary nitrogens is 1. The van der Waals surface area contributed by atoms with Gasteiger partial charge in [-0.1, -0.05) is 42.5 Å². The Balaban J connectivity index is 1.89. The van der Waals surface area contributed by atoms with Gasteiger partial charge in [0.2, 0.25) is 5.88 Å². The summed E-state index contributed by atoms with van der Waals surface area (Å²) >= 11 is 0. The monoisotopic (exact) mass is 416 g/mol. The Labute approximate surface area is 178 Å². The van der Waals surface area contributed by atoms with E-state index in [1.807, 2.05) is 37.3 Å². The van der Waals surface area contributed by atoms with Crippen LogP contribution in [0.3, 0.4) is 0 Å². The molecule has 1 aliphatic heterocycles. The van der Waals surface area contributed by atoms with Gasteiger partial charge in [-0.25, -0.2) is 5.21 Å². The average Bonchev–Trinajstić information content (AvgIpc) is 2.76. The fourth-order valence-electron chi connectivity index (χ4n) is 3.80. The van der Waals surface area contributed by atoms with Gasteiger partial charge in [0.1, 0.15) is 17.4 Å². The number of fused-ring (bicyclic) bond motifs is 1. The summed E-state index contributed by atoms with van der Waals surface area (Å²) < 4.78 is 7.27. The van der Waals surface area contributed by atoms with Crippen LogP contribution in [0.15, 0.2) is 76.9 Å². The van der Waals surface area contributed by atoms with E-state index in [9.17, 15) is 20.5 Å². The number of allylic oxidation sites excluding steroid dienone is 1. The Bertz CT molecular complexity index is 1260. The van der Waals surface area contributed by atoms with Gasteiger partial charge in [-0.3, -0.25) is 4.79 Å². The molecule has 31 heavy (non-hydrogen) atoms. The van der Waals surface area contributed by atoms with Gasteiger partial charge in [-0.15, -0.1) is 0 Å². The summed E-state index contributed by atoms with van der Waals surface area (Å²) in [6, 6.07) is 19.4. The lowest BCUT2D eigenvalue weighted by Gasteiger charge is -2.27. The number of benzene rings is 2. The second kappa shape index (κ2) is 8.08. The topological polar surface area (TPSA) is 129 Å². The van der Waals surface area contributed by atoms with E-state index in [1.54, 1.807) is 22.8 Å². The third-order valence-electron chi connectivity index (χ3n) is 5.36. The first-order valence-corrected chi connectivity index (χ1v) is 9.59. The summed E-state index contributed by atoms with van der Waals surface area (Å²) in [5.41, 5.74) is 8.48. The van der Waals surface area contributed by atoms with Gasteiger partial charge in [0, 0.05) is 23.9 Å². The number of hydrogen-bond acceptors (Lipinski definition) is 6. The molecule has 3 aromatic rings. The van der Waals surface area contributed by atoms with Crippen molar-refractivity contribution in [1.82, 2.24) is 4.57 Å². The summed E-state index contributed by atoms with van der Waals surface area (Å²) in [6.07, 6.45) is 0. The molecule has 0 radical (unpaired) electrons. The quantitative estimate of drug-likeness (QED) is 0.557. The fraction of sp³-hybridized carbons (Fsp3) is 0.130. The van der Waals surface area contributed by atoms with Crippen LogP contribution < -0.4 is 21.3 Å². The van der Waals surface area contributed by atoms with E-state index in [4.69, 9.17) is 10.5 Å². The molecule has 0 saturated carbocycles. The van der Waals surface area contributed by atoms with Gasteiger partial charge >= 0.3 is 0 Å². The van der Waals surface area contributed by atoms with E-state index in [-0.39, 0.29) is 22.7 Å². The predicted molar refractivity (Wildman–Crippen MR) is 112 cm³/mol. The van der Waals surface area contributed by atoms with Crippen molar-refractivity contribution in [3.8, 4) is 11.8 Å². The number of aryl methyl sites for hydroxylation is 1. The lowest BCUT2D eigenvalue weighted by atomic mass is 9.84. The molecule has 0 aliphatic carbocycles. The SMILES string of the molecule is Cc1cc2c(c(=O)n1Cc1ccccc1)C(c1ccc([NH+]([O-])O)cc1)C(C#N)=C(N)O2. The normalized spacial score (nSPS) is 16.3. The summed E-state index contributed by atoms with van der Waals surface area (Å²) in [7, 11) is 0. The first-order valence-electron chi connectivity index (χ1n) is 9.59. The van der Waals surface area contributed by atoms with Crippen LogP contribution in [-0.4, -0.2) is 9.77 Å². The van der Waals surface area contributed by atoms with Crippen LogP contribution in [0.25, 0.3) is 0 Å². The van der Waals surface area contributed by atoms with Gasteiger partial charge in [-0.05, 0) is 18.1 Å². The number of hydrogen-bond donors (Lipinski definition) is 3. The van der Waals surface area contributed by atoms with Crippen molar-refractivity contribution in [3.05, 3.63) is 110 Å². The maximum atomic E-state index is 13.6. The van der Waals surface area contributed by atoms with Crippen LogP contribution in [0.5, 0.6) is 5.75 Å². The Hall–Kier alpha value is -3.90. The Morgan fingerprint density at radius 3 is 2.52 bits per heavy atom. The minimum atomic E-state index is -1.06. The second-order valence-corrected chi connectivity index (χ2v) is 7.29. The number of nitriles is 1. The highest BCUT2D eigenvalue weighted by Crippen LogP contribution is 2.40. The molecule has 1 aliphatic rings. The first-order chi connectivity index (χ1) is 14.9. The Kier molecular flexibility index (Phi) is 5.31. The number of pyridine rings is 1. The highest BCUT2D eigenvalue weighted by molar-refractivity contribution is 5.56. The van der Waals surface area contributed by atoms with E-state index in [2.05, 4.69) is 6.07 Å². The Morgan fingerprint density at radius 1 is 1.23 bits per heavy atom. The Morgan fingerprint density at radius 2 is 1.90 bits per heavy atom. The van der Waals surface area contributed by atoms with E-state index in [1.165, 1.54) is 12.1 Å². The lowest BCUT2D eigenvalue weighted by molar-refractivity contribution is -0.991. The average molecular weight is 416 g/mol. The van der Waals surface area contributed by atoms with Crippen LogP contribution in [0.4, 0.5) is 5.69 Å². The summed E-state index contributed by atoms with van der Waals surface area (Å²) in [5, 5.41) is 29.1. The van der Waals surface area contributed by atoms with Crippen molar-refractivity contribution < 1.29 is 15.2 Å². The summed E-state index contributed by atoms with van der Waals surface area (Å²) in [6.45, 7) is 2.18. The molecular weight excluding hydrogens is 396 g/mol. The van der Waals surface area contributed by atoms with Crippen LogP contribution >= 0.6 is 0 Å². The molecule has 4 rings (SSSR count). The molecule has 2 aromatic carbocycles. The van der Waals surface area contributed by atoms with E-state index >= 15 is 0 Å². The molecule has 8 nitrogen and oxygen atoms in total. The molecule has 4 N–H and O–H groups in total. The molecule has 2 heterocycles. The van der Waals surface area contributed by atoms with Gasteiger partial charge < -0.3 is 20.2 Å². The highest BCUT2D eigenvalue weighted by Gasteiger charge is 2.34. The van der Waals surface area contributed by atoms with Gasteiger partial charge in [0.15, 0.2) is 5.69 Å². The number of aromatic nitrogens is 1.